The number of hydrogen-bond acceptors (Lipinski definition) is 4. The van der Waals surface area contributed by atoms with Crippen LogP contribution in [0, 0.1) is 12.7 Å². The first kappa shape index (κ1) is 21.1. The van der Waals surface area contributed by atoms with Crippen LogP contribution in [0.25, 0.3) is 0 Å². The van der Waals surface area contributed by atoms with E-state index in [1.165, 1.54) is 34.1 Å². The standard InChI is InChI=1S/C20H25FN4O3S/c1-16-3-2-4-19(15-16)24-10-12-25(13-11-24)29(27,28)14-9-22-20(26)23-18-7-5-17(21)6-8-18/h2-8,15H,9-14H2,1H3,(H2,22,23,26). The molecule has 0 unspecified atom stereocenters. The van der Waals surface area contributed by atoms with Crippen LogP contribution in [-0.2, 0) is 10.0 Å². The predicted octanol–water partition coefficient (Wildman–Crippen LogP) is 2.41. The lowest BCUT2D eigenvalue weighted by Gasteiger charge is -2.35. The summed E-state index contributed by atoms with van der Waals surface area (Å²) in [6.45, 7) is 4.11. The molecule has 0 bridgehead atoms. The predicted molar refractivity (Wildman–Crippen MR) is 112 cm³/mol. The molecule has 2 amide bonds. The van der Waals surface area contributed by atoms with Gasteiger partial charge >= 0.3 is 6.03 Å². The molecule has 1 aliphatic heterocycles. The summed E-state index contributed by atoms with van der Waals surface area (Å²) in [6.07, 6.45) is 0. The van der Waals surface area contributed by atoms with Crippen molar-refractivity contribution in [3.63, 3.8) is 0 Å². The minimum Gasteiger partial charge on any atom is -0.369 e. The number of hydrogen-bond donors (Lipinski definition) is 2. The molecule has 0 spiro atoms. The van der Waals surface area contributed by atoms with Crippen LogP contribution < -0.4 is 15.5 Å². The molecule has 9 heteroatoms. The fourth-order valence-corrected chi connectivity index (χ4v) is 4.52. The van der Waals surface area contributed by atoms with E-state index in [4.69, 9.17) is 0 Å². The molecule has 0 saturated carbocycles. The third-order valence-electron chi connectivity index (χ3n) is 4.75. The first-order valence-electron chi connectivity index (χ1n) is 9.43. The summed E-state index contributed by atoms with van der Waals surface area (Å²) in [6, 6.07) is 12.9. The maximum Gasteiger partial charge on any atom is 0.319 e. The van der Waals surface area contributed by atoms with Gasteiger partial charge in [0.1, 0.15) is 5.82 Å². The topological polar surface area (TPSA) is 81.8 Å². The quantitative estimate of drug-likeness (QED) is 0.752. The fraction of sp³-hybridized carbons (Fsp3) is 0.350. The molecule has 7 nitrogen and oxygen atoms in total. The molecule has 0 atom stereocenters. The molecular weight excluding hydrogens is 395 g/mol. The van der Waals surface area contributed by atoms with E-state index in [1.807, 2.05) is 25.1 Å². The Morgan fingerprint density at radius 2 is 1.76 bits per heavy atom. The van der Waals surface area contributed by atoms with Gasteiger partial charge in [0.25, 0.3) is 0 Å². The SMILES string of the molecule is Cc1cccc(N2CCN(S(=O)(=O)CCNC(=O)Nc3ccc(F)cc3)CC2)c1. The Morgan fingerprint density at radius 3 is 2.41 bits per heavy atom. The minimum absolute atomic E-state index is 0.00649. The number of benzene rings is 2. The minimum atomic E-state index is -3.46. The van der Waals surface area contributed by atoms with E-state index >= 15 is 0 Å². The summed E-state index contributed by atoms with van der Waals surface area (Å²) in [4.78, 5) is 14.0. The number of anilines is 2. The lowest BCUT2D eigenvalue weighted by Crippen LogP contribution is -2.50. The van der Waals surface area contributed by atoms with Crippen LogP contribution in [0.3, 0.4) is 0 Å². The van der Waals surface area contributed by atoms with E-state index in [1.54, 1.807) is 0 Å². The largest absolute Gasteiger partial charge is 0.369 e. The van der Waals surface area contributed by atoms with E-state index in [9.17, 15) is 17.6 Å². The average molecular weight is 421 g/mol. The van der Waals surface area contributed by atoms with E-state index in [0.717, 1.165) is 5.69 Å². The van der Waals surface area contributed by atoms with Gasteiger partial charge in [-0.1, -0.05) is 12.1 Å². The smallest absolute Gasteiger partial charge is 0.319 e. The number of piperazine rings is 1. The highest BCUT2D eigenvalue weighted by Gasteiger charge is 2.26. The highest BCUT2D eigenvalue weighted by molar-refractivity contribution is 7.89. The number of amides is 2. The van der Waals surface area contributed by atoms with Crippen molar-refractivity contribution >= 4 is 27.4 Å². The van der Waals surface area contributed by atoms with Crippen LogP contribution in [0.5, 0.6) is 0 Å². The van der Waals surface area contributed by atoms with Gasteiger partial charge in [0, 0.05) is 44.1 Å². The van der Waals surface area contributed by atoms with E-state index < -0.39 is 21.9 Å². The lowest BCUT2D eigenvalue weighted by molar-refractivity contribution is 0.252. The molecule has 3 rings (SSSR count). The molecule has 0 radical (unpaired) electrons. The Labute approximate surface area is 170 Å². The maximum absolute atomic E-state index is 12.9. The normalized spacial score (nSPS) is 15.2. The van der Waals surface area contributed by atoms with Gasteiger partial charge in [0.2, 0.25) is 10.0 Å². The first-order valence-corrected chi connectivity index (χ1v) is 11.0. The Hall–Kier alpha value is -2.65. The van der Waals surface area contributed by atoms with Gasteiger partial charge in [-0.05, 0) is 48.9 Å². The third kappa shape index (κ3) is 5.91. The Bertz CT molecular complexity index is 942. The van der Waals surface area contributed by atoms with Crippen LogP contribution >= 0.6 is 0 Å². The van der Waals surface area contributed by atoms with Gasteiger partial charge in [0.05, 0.1) is 5.75 Å². The molecule has 1 saturated heterocycles. The van der Waals surface area contributed by atoms with Gasteiger partial charge in [0.15, 0.2) is 0 Å². The number of aryl methyl sites for hydroxylation is 1. The molecular formula is C20H25FN4O3S. The van der Waals surface area contributed by atoms with Crippen molar-refractivity contribution in [3.8, 4) is 0 Å². The van der Waals surface area contributed by atoms with Crippen LogP contribution in [0.4, 0.5) is 20.6 Å². The molecule has 0 aromatic heterocycles. The number of nitrogens with one attached hydrogen (secondary N) is 2. The Morgan fingerprint density at radius 1 is 1.07 bits per heavy atom. The van der Waals surface area contributed by atoms with Gasteiger partial charge < -0.3 is 15.5 Å². The van der Waals surface area contributed by atoms with Crippen molar-refractivity contribution in [1.82, 2.24) is 9.62 Å². The van der Waals surface area contributed by atoms with Crippen molar-refractivity contribution < 1.29 is 17.6 Å². The van der Waals surface area contributed by atoms with Gasteiger partial charge in [-0.2, -0.15) is 4.31 Å². The Balaban J connectivity index is 1.44. The van der Waals surface area contributed by atoms with E-state index in [2.05, 4.69) is 21.6 Å². The number of halogens is 1. The van der Waals surface area contributed by atoms with Crippen molar-refractivity contribution in [2.75, 3.05) is 48.7 Å². The molecule has 1 aliphatic rings. The summed E-state index contributed by atoms with van der Waals surface area (Å²) in [5.74, 6) is -0.571. The number of nitrogens with zero attached hydrogens (tertiary/aromatic N) is 2. The molecule has 2 N–H and O–H groups in total. The van der Waals surface area contributed by atoms with Crippen LogP contribution in [0.1, 0.15) is 5.56 Å². The summed E-state index contributed by atoms with van der Waals surface area (Å²) in [5.41, 5.74) is 2.70. The molecule has 1 heterocycles. The number of urea groups is 1. The second-order valence-electron chi connectivity index (χ2n) is 6.93. The number of carbonyl (C=O) groups excluding carboxylic acids is 1. The Kier molecular flexibility index (Phi) is 6.71. The summed E-state index contributed by atoms with van der Waals surface area (Å²) >= 11 is 0. The van der Waals surface area contributed by atoms with Crippen LogP contribution in [0.15, 0.2) is 48.5 Å². The monoisotopic (exact) mass is 420 g/mol. The summed E-state index contributed by atoms with van der Waals surface area (Å²) < 4.78 is 39.4. The van der Waals surface area contributed by atoms with Crippen LogP contribution in [0.2, 0.25) is 0 Å². The molecule has 0 aliphatic carbocycles. The maximum atomic E-state index is 12.9. The molecule has 29 heavy (non-hydrogen) atoms. The van der Waals surface area contributed by atoms with E-state index in [-0.39, 0.29) is 12.3 Å². The number of sulfonamides is 1. The zero-order valence-electron chi connectivity index (χ0n) is 16.3. The van der Waals surface area contributed by atoms with Crippen molar-refractivity contribution in [2.45, 2.75) is 6.92 Å². The van der Waals surface area contributed by atoms with Crippen molar-refractivity contribution in [1.29, 1.82) is 0 Å². The van der Waals surface area contributed by atoms with Gasteiger partial charge in [-0.25, -0.2) is 17.6 Å². The summed E-state index contributed by atoms with van der Waals surface area (Å²) in [5, 5.41) is 5.05. The van der Waals surface area contributed by atoms with Crippen molar-refractivity contribution in [2.24, 2.45) is 0 Å². The molecule has 2 aromatic rings. The molecule has 2 aromatic carbocycles. The lowest BCUT2D eigenvalue weighted by atomic mass is 10.2. The highest BCUT2D eigenvalue weighted by Crippen LogP contribution is 2.19. The second-order valence-corrected chi connectivity index (χ2v) is 9.02. The van der Waals surface area contributed by atoms with Crippen LogP contribution in [-0.4, -0.2) is 57.2 Å². The second kappa shape index (κ2) is 9.23. The van der Waals surface area contributed by atoms with E-state index in [0.29, 0.717) is 31.9 Å². The first-order chi connectivity index (χ1) is 13.8. The zero-order valence-corrected chi connectivity index (χ0v) is 17.1. The highest BCUT2D eigenvalue weighted by atomic mass is 32.2. The number of rotatable bonds is 6. The average Bonchev–Trinajstić information content (AvgIpc) is 2.70. The third-order valence-corrected chi connectivity index (χ3v) is 6.62. The molecule has 1 fully saturated rings. The summed E-state index contributed by atoms with van der Waals surface area (Å²) in [7, 11) is -3.46. The van der Waals surface area contributed by atoms with Crippen molar-refractivity contribution in [3.05, 3.63) is 59.9 Å². The van der Waals surface area contributed by atoms with Gasteiger partial charge in [-0.3, -0.25) is 0 Å². The fourth-order valence-electron chi connectivity index (χ4n) is 3.18. The molecule has 156 valence electrons. The number of carbonyl (C=O) groups is 1. The zero-order chi connectivity index (χ0) is 20.9. The van der Waals surface area contributed by atoms with Gasteiger partial charge in [-0.15, -0.1) is 0 Å².